The van der Waals surface area contributed by atoms with Gasteiger partial charge in [0.05, 0.1) is 18.2 Å². The summed E-state index contributed by atoms with van der Waals surface area (Å²) >= 11 is 6.04. The zero-order valence-electron chi connectivity index (χ0n) is 18.8. The number of nitrogens with zero attached hydrogens (tertiary/aromatic N) is 1. The molecule has 0 aliphatic carbocycles. The number of carbonyl (C=O) groups is 3. The van der Waals surface area contributed by atoms with E-state index in [2.05, 4.69) is 10.6 Å². The average Bonchev–Trinajstić information content (AvgIpc) is 2.81. The van der Waals surface area contributed by atoms with Crippen molar-refractivity contribution in [3.05, 3.63) is 58.9 Å². The van der Waals surface area contributed by atoms with Crippen molar-refractivity contribution in [3.63, 3.8) is 0 Å². The Bertz CT molecular complexity index is 1040. The summed E-state index contributed by atoms with van der Waals surface area (Å²) < 4.78 is 24.8. The number of carbonyl (C=O) groups excluding carboxylic acids is 3. The Morgan fingerprint density at radius 2 is 2.03 bits per heavy atom. The van der Waals surface area contributed by atoms with Crippen LogP contribution >= 0.6 is 11.6 Å². The Morgan fingerprint density at radius 3 is 2.82 bits per heavy atom. The molecule has 2 aromatic rings. The molecular weight excluding hydrogens is 465 g/mol. The van der Waals surface area contributed by atoms with Crippen LogP contribution in [0.1, 0.15) is 30.1 Å². The Kier molecular flexibility index (Phi) is 9.09. The van der Waals surface area contributed by atoms with Gasteiger partial charge in [0.2, 0.25) is 5.91 Å². The molecule has 1 atom stereocenters. The number of halogens is 2. The third kappa shape index (κ3) is 7.34. The van der Waals surface area contributed by atoms with E-state index < -0.39 is 24.4 Å². The molecule has 0 bridgehead atoms. The number of rotatable bonds is 3. The minimum atomic E-state index is -0.572. The lowest BCUT2D eigenvalue weighted by Gasteiger charge is -2.23. The number of nitrogens with one attached hydrogen (secondary N) is 2. The first kappa shape index (κ1) is 25.3. The van der Waals surface area contributed by atoms with Crippen molar-refractivity contribution in [1.29, 1.82) is 0 Å². The number of para-hydroxylation sites is 1. The van der Waals surface area contributed by atoms with E-state index in [0.717, 1.165) is 0 Å². The highest BCUT2D eigenvalue weighted by atomic mass is 35.5. The molecule has 182 valence electrons. The molecule has 0 radical (unpaired) electrons. The molecule has 8 nitrogen and oxygen atoms in total. The Balaban J connectivity index is 1.67. The molecule has 0 saturated heterocycles. The molecule has 10 heteroatoms. The summed E-state index contributed by atoms with van der Waals surface area (Å²) in [7, 11) is 0. The van der Waals surface area contributed by atoms with E-state index >= 15 is 0 Å². The standard InChI is InChI=1S/C24H27ClFN3O5/c1-16-14-33-20-9-8-17(25)12-18(20)24(32)27-10-4-5-11-29(13-22(30)28-16)23(31)15-34-21-7-3-2-6-19(21)26/h2-3,6-9,12,16H,4-5,10-11,13-15H2,1H3,(H,27,32)(H,28,30)/t16-/m0/s1. The maximum atomic E-state index is 13.8. The molecule has 0 aromatic heterocycles. The summed E-state index contributed by atoms with van der Waals surface area (Å²) in [5.74, 6) is -1.38. The summed E-state index contributed by atoms with van der Waals surface area (Å²) in [4.78, 5) is 39.3. The van der Waals surface area contributed by atoms with E-state index in [1.165, 1.54) is 29.2 Å². The highest BCUT2D eigenvalue weighted by Gasteiger charge is 2.21. The predicted molar refractivity (Wildman–Crippen MR) is 125 cm³/mol. The summed E-state index contributed by atoms with van der Waals surface area (Å²) in [5.41, 5.74) is 0.308. The van der Waals surface area contributed by atoms with Crippen LogP contribution < -0.4 is 20.1 Å². The fourth-order valence-corrected chi connectivity index (χ4v) is 3.54. The molecule has 34 heavy (non-hydrogen) atoms. The largest absolute Gasteiger partial charge is 0.491 e. The Morgan fingerprint density at radius 1 is 1.24 bits per heavy atom. The summed E-state index contributed by atoms with van der Waals surface area (Å²) in [5, 5.41) is 6.01. The van der Waals surface area contributed by atoms with Crippen LogP contribution in [-0.4, -0.2) is 61.5 Å². The van der Waals surface area contributed by atoms with Crippen LogP contribution in [0.15, 0.2) is 42.5 Å². The highest BCUT2D eigenvalue weighted by molar-refractivity contribution is 6.31. The molecular formula is C24H27ClFN3O5. The quantitative estimate of drug-likeness (QED) is 0.688. The van der Waals surface area contributed by atoms with E-state index in [1.54, 1.807) is 25.1 Å². The van der Waals surface area contributed by atoms with Gasteiger partial charge in [0, 0.05) is 18.1 Å². The topological polar surface area (TPSA) is 97.0 Å². The lowest BCUT2D eigenvalue weighted by atomic mass is 10.2. The second kappa shape index (κ2) is 12.2. The zero-order chi connectivity index (χ0) is 24.5. The van der Waals surface area contributed by atoms with Crippen molar-refractivity contribution < 1.29 is 28.2 Å². The van der Waals surface area contributed by atoms with Crippen LogP contribution in [-0.2, 0) is 9.59 Å². The van der Waals surface area contributed by atoms with Crippen molar-refractivity contribution in [2.45, 2.75) is 25.8 Å². The summed E-state index contributed by atoms with van der Waals surface area (Å²) in [6, 6.07) is 10.2. The molecule has 0 fully saturated rings. The first-order chi connectivity index (χ1) is 16.3. The van der Waals surface area contributed by atoms with Gasteiger partial charge in [-0.05, 0) is 50.1 Å². The van der Waals surface area contributed by atoms with Crippen molar-refractivity contribution in [1.82, 2.24) is 15.5 Å². The minimum absolute atomic E-state index is 0.0354. The minimum Gasteiger partial charge on any atom is -0.491 e. The summed E-state index contributed by atoms with van der Waals surface area (Å²) in [6.45, 7) is 1.91. The van der Waals surface area contributed by atoms with E-state index in [-0.39, 0.29) is 37.3 Å². The van der Waals surface area contributed by atoms with Crippen LogP contribution in [0.2, 0.25) is 5.02 Å². The second-order valence-electron chi connectivity index (χ2n) is 7.92. The lowest BCUT2D eigenvalue weighted by Crippen LogP contribution is -2.46. The van der Waals surface area contributed by atoms with Crippen LogP contribution in [0.4, 0.5) is 4.39 Å². The molecule has 3 amide bonds. The zero-order valence-corrected chi connectivity index (χ0v) is 19.6. The average molecular weight is 492 g/mol. The van der Waals surface area contributed by atoms with Gasteiger partial charge in [-0.2, -0.15) is 0 Å². The number of benzene rings is 2. The van der Waals surface area contributed by atoms with Gasteiger partial charge in [0.15, 0.2) is 18.2 Å². The fraction of sp³-hybridized carbons (Fsp3) is 0.375. The van der Waals surface area contributed by atoms with Gasteiger partial charge < -0.3 is 25.0 Å². The van der Waals surface area contributed by atoms with Crippen molar-refractivity contribution in [3.8, 4) is 11.5 Å². The van der Waals surface area contributed by atoms with E-state index in [1.807, 2.05) is 0 Å². The van der Waals surface area contributed by atoms with Gasteiger partial charge in [-0.15, -0.1) is 0 Å². The third-order valence-electron chi connectivity index (χ3n) is 5.10. The molecule has 2 N–H and O–H groups in total. The number of hydrogen-bond donors (Lipinski definition) is 2. The van der Waals surface area contributed by atoms with Crippen LogP contribution in [0, 0.1) is 5.82 Å². The SMILES string of the molecule is C[C@H]1COc2ccc(Cl)cc2C(=O)NCCCCN(C(=O)COc2ccccc2F)CC(=O)N1. The molecule has 1 heterocycles. The molecule has 3 rings (SSSR count). The Hall–Kier alpha value is -3.33. The smallest absolute Gasteiger partial charge is 0.260 e. The monoisotopic (exact) mass is 491 g/mol. The molecule has 0 spiro atoms. The second-order valence-corrected chi connectivity index (χ2v) is 8.35. The Labute approximate surface area is 202 Å². The van der Waals surface area contributed by atoms with Gasteiger partial charge in [-0.25, -0.2) is 4.39 Å². The number of hydrogen-bond acceptors (Lipinski definition) is 5. The molecule has 1 aliphatic heterocycles. The summed E-state index contributed by atoms with van der Waals surface area (Å²) in [6.07, 6.45) is 1.10. The van der Waals surface area contributed by atoms with E-state index in [4.69, 9.17) is 21.1 Å². The molecule has 0 saturated carbocycles. The van der Waals surface area contributed by atoms with Crippen LogP contribution in [0.5, 0.6) is 11.5 Å². The van der Waals surface area contributed by atoms with Crippen molar-refractivity contribution in [2.75, 3.05) is 32.8 Å². The maximum absolute atomic E-state index is 13.8. The van der Waals surface area contributed by atoms with E-state index in [9.17, 15) is 18.8 Å². The van der Waals surface area contributed by atoms with Crippen LogP contribution in [0.25, 0.3) is 0 Å². The van der Waals surface area contributed by atoms with Gasteiger partial charge in [0.1, 0.15) is 12.4 Å². The first-order valence-corrected chi connectivity index (χ1v) is 11.4. The third-order valence-corrected chi connectivity index (χ3v) is 5.33. The molecule has 0 unspecified atom stereocenters. The normalized spacial score (nSPS) is 17.9. The lowest BCUT2D eigenvalue weighted by molar-refractivity contribution is -0.138. The van der Waals surface area contributed by atoms with Crippen LogP contribution in [0.3, 0.4) is 0 Å². The molecule has 2 aromatic carbocycles. The van der Waals surface area contributed by atoms with Crippen molar-refractivity contribution >= 4 is 29.3 Å². The van der Waals surface area contributed by atoms with E-state index in [0.29, 0.717) is 35.7 Å². The fourth-order valence-electron chi connectivity index (χ4n) is 3.37. The van der Waals surface area contributed by atoms with Gasteiger partial charge in [0.25, 0.3) is 11.8 Å². The number of ether oxygens (including phenoxy) is 2. The molecule has 1 aliphatic rings. The number of amides is 3. The predicted octanol–water partition coefficient (Wildman–Crippen LogP) is 2.79. The van der Waals surface area contributed by atoms with Crippen molar-refractivity contribution in [2.24, 2.45) is 0 Å². The maximum Gasteiger partial charge on any atom is 0.260 e. The van der Waals surface area contributed by atoms with Gasteiger partial charge in [-0.3, -0.25) is 14.4 Å². The first-order valence-electron chi connectivity index (χ1n) is 11.0. The van der Waals surface area contributed by atoms with Gasteiger partial charge >= 0.3 is 0 Å². The highest BCUT2D eigenvalue weighted by Crippen LogP contribution is 2.23. The number of fused-ring (bicyclic) bond motifs is 1. The van der Waals surface area contributed by atoms with Gasteiger partial charge in [-0.1, -0.05) is 23.7 Å².